The zero-order valence-corrected chi connectivity index (χ0v) is 11.1. The van der Waals surface area contributed by atoms with Crippen molar-refractivity contribution < 1.29 is 4.79 Å². The third-order valence-corrected chi connectivity index (χ3v) is 3.66. The molecule has 0 saturated heterocycles. The molecule has 1 amide bonds. The number of rotatable bonds is 2. The molecule has 0 atom stereocenters. The van der Waals surface area contributed by atoms with Gasteiger partial charge in [-0.05, 0) is 29.8 Å². The highest BCUT2D eigenvalue weighted by atomic mass is 79.9. The molecule has 0 aromatic carbocycles. The van der Waals surface area contributed by atoms with E-state index < -0.39 is 0 Å². The van der Waals surface area contributed by atoms with E-state index in [0.29, 0.717) is 15.3 Å². The van der Waals surface area contributed by atoms with E-state index in [2.05, 4.69) is 36.4 Å². The minimum Gasteiger partial charge on any atom is -0.296 e. The van der Waals surface area contributed by atoms with Crippen LogP contribution in [0.4, 0.5) is 5.13 Å². The van der Waals surface area contributed by atoms with E-state index in [1.54, 1.807) is 0 Å². The standard InChI is InChI=1S/C9H9BrN4OS/c1-4-5(2)16-9(12-4)13-8(15)7-6(10)3-11-14-7/h3H,1-2H3,(H,11,14)(H,12,13,15). The maximum absolute atomic E-state index is 11.8. The molecule has 2 aromatic rings. The lowest BCUT2D eigenvalue weighted by Crippen LogP contribution is -2.12. The van der Waals surface area contributed by atoms with Crippen molar-refractivity contribution in [1.29, 1.82) is 0 Å². The van der Waals surface area contributed by atoms with Crippen LogP contribution in [0, 0.1) is 13.8 Å². The average Bonchev–Trinajstić information content (AvgIpc) is 2.74. The van der Waals surface area contributed by atoms with Crippen LogP contribution in [-0.4, -0.2) is 21.1 Å². The van der Waals surface area contributed by atoms with Gasteiger partial charge in [-0.1, -0.05) is 0 Å². The lowest BCUT2D eigenvalue weighted by molar-refractivity contribution is 0.102. The van der Waals surface area contributed by atoms with Gasteiger partial charge in [0.1, 0.15) is 5.69 Å². The predicted octanol–water partition coefficient (Wildman–Crippen LogP) is 2.50. The minimum atomic E-state index is -0.252. The molecular formula is C9H9BrN4OS. The van der Waals surface area contributed by atoms with Crippen molar-refractivity contribution in [1.82, 2.24) is 15.2 Å². The first-order valence-corrected chi connectivity index (χ1v) is 6.13. The van der Waals surface area contributed by atoms with Crippen LogP contribution in [0.25, 0.3) is 0 Å². The molecule has 0 bridgehead atoms. The molecule has 0 aliphatic heterocycles. The Bertz CT molecular complexity index is 514. The van der Waals surface area contributed by atoms with E-state index in [0.717, 1.165) is 10.6 Å². The van der Waals surface area contributed by atoms with Gasteiger partial charge in [0.15, 0.2) is 5.13 Å². The Morgan fingerprint density at radius 1 is 1.56 bits per heavy atom. The van der Waals surface area contributed by atoms with E-state index >= 15 is 0 Å². The Balaban J connectivity index is 2.17. The second-order valence-electron chi connectivity index (χ2n) is 3.21. The van der Waals surface area contributed by atoms with Crippen molar-refractivity contribution in [2.24, 2.45) is 0 Å². The molecule has 0 aliphatic rings. The zero-order chi connectivity index (χ0) is 11.7. The number of nitrogens with one attached hydrogen (secondary N) is 2. The summed E-state index contributed by atoms with van der Waals surface area (Å²) in [4.78, 5) is 17.1. The molecule has 0 radical (unpaired) electrons. The Labute approximate surface area is 104 Å². The number of carbonyl (C=O) groups is 1. The summed E-state index contributed by atoms with van der Waals surface area (Å²) in [5, 5.41) is 9.68. The maximum Gasteiger partial charge on any atom is 0.276 e. The van der Waals surface area contributed by atoms with Gasteiger partial charge >= 0.3 is 0 Å². The van der Waals surface area contributed by atoms with Crippen molar-refractivity contribution in [2.75, 3.05) is 5.32 Å². The molecule has 0 spiro atoms. The molecule has 5 nitrogen and oxygen atoms in total. The van der Waals surface area contributed by atoms with Crippen LogP contribution in [0.2, 0.25) is 0 Å². The molecule has 2 rings (SSSR count). The molecule has 7 heteroatoms. The predicted molar refractivity (Wildman–Crippen MR) is 65.8 cm³/mol. The van der Waals surface area contributed by atoms with E-state index in [-0.39, 0.29) is 5.91 Å². The number of anilines is 1. The number of hydrogen-bond acceptors (Lipinski definition) is 4. The van der Waals surface area contributed by atoms with Crippen LogP contribution >= 0.6 is 27.3 Å². The number of carbonyl (C=O) groups excluding carboxylic acids is 1. The molecule has 16 heavy (non-hydrogen) atoms. The maximum atomic E-state index is 11.8. The molecule has 0 fully saturated rings. The van der Waals surface area contributed by atoms with Gasteiger partial charge in [-0.25, -0.2) is 4.98 Å². The molecule has 0 saturated carbocycles. The fourth-order valence-electron chi connectivity index (χ4n) is 1.12. The Hall–Kier alpha value is -1.21. The van der Waals surface area contributed by atoms with E-state index in [1.807, 2.05) is 13.8 Å². The monoisotopic (exact) mass is 300 g/mol. The number of amides is 1. The number of aromatic amines is 1. The summed E-state index contributed by atoms with van der Waals surface area (Å²) in [7, 11) is 0. The fraction of sp³-hybridized carbons (Fsp3) is 0.222. The first kappa shape index (κ1) is 11.3. The first-order chi connectivity index (χ1) is 7.58. The van der Waals surface area contributed by atoms with Gasteiger partial charge in [0.2, 0.25) is 0 Å². The largest absolute Gasteiger partial charge is 0.296 e. The molecule has 0 aliphatic carbocycles. The number of nitrogens with zero attached hydrogens (tertiary/aromatic N) is 2. The topological polar surface area (TPSA) is 70.7 Å². The van der Waals surface area contributed by atoms with E-state index in [4.69, 9.17) is 0 Å². The van der Waals surface area contributed by atoms with Gasteiger partial charge < -0.3 is 0 Å². The smallest absolute Gasteiger partial charge is 0.276 e. The third kappa shape index (κ3) is 2.14. The Kier molecular flexibility index (Phi) is 3.06. The van der Waals surface area contributed by atoms with Gasteiger partial charge in [-0.3, -0.25) is 15.2 Å². The molecular weight excluding hydrogens is 292 g/mol. The SMILES string of the molecule is Cc1nc(NC(=O)c2[nH]ncc2Br)sc1C. The zero-order valence-electron chi connectivity index (χ0n) is 8.67. The molecule has 84 valence electrons. The summed E-state index contributed by atoms with van der Waals surface area (Å²) in [5.41, 5.74) is 1.33. The summed E-state index contributed by atoms with van der Waals surface area (Å²) < 4.78 is 0.634. The number of hydrogen-bond donors (Lipinski definition) is 2. The number of H-pyrrole nitrogens is 1. The number of halogens is 1. The van der Waals surface area contributed by atoms with Crippen LogP contribution in [0.5, 0.6) is 0 Å². The van der Waals surface area contributed by atoms with Gasteiger partial charge in [-0.15, -0.1) is 11.3 Å². The van der Waals surface area contributed by atoms with Crippen molar-refractivity contribution in [3.8, 4) is 0 Å². The van der Waals surface area contributed by atoms with Crippen LogP contribution < -0.4 is 5.32 Å². The summed E-state index contributed by atoms with van der Waals surface area (Å²) >= 11 is 4.68. The fourth-order valence-corrected chi connectivity index (χ4v) is 2.30. The quantitative estimate of drug-likeness (QED) is 0.895. The molecule has 2 N–H and O–H groups in total. The van der Waals surface area contributed by atoms with Crippen molar-refractivity contribution in [2.45, 2.75) is 13.8 Å². The van der Waals surface area contributed by atoms with Gasteiger partial charge in [0.05, 0.1) is 16.4 Å². The van der Waals surface area contributed by atoms with Crippen LogP contribution in [0.1, 0.15) is 21.1 Å². The lowest BCUT2D eigenvalue weighted by Gasteiger charge is -1.98. The summed E-state index contributed by atoms with van der Waals surface area (Å²) in [6, 6.07) is 0. The number of thiazole rings is 1. The average molecular weight is 301 g/mol. The number of aromatic nitrogens is 3. The van der Waals surface area contributed by atoms with Crippen LogP contribution in [0.15, 0.2) is 10.7 Å². The molecule has 2 heterocycles. The highest BCUT2D eigenvalue weighted by molar-refractivity contribution is 9.10. The second kappa shape index (κ2) is 4.34. The van der Waals surface area contributed by atoms with Crippen molar-refractivity contribution in [3.63, 3.8) is 0 Å². The number of aryl methyl sites for hydroxylation is 2. The summed E-state index contributed by atoms with van der Waals surface area (Å²) in [6.45, 7) is 3.88. The molecule has 0 unspecified atom stereocenters. The van der Waals surface area contributed by atoms with Crippen molar-refractivity contribution >= 4 is 38.3 Å². The van der Waals surface area contributed by atoms with Gasteiger partial charge in [0.25, 0.3) is 5.91 Å². The highest BCUT2D eigenvalue weighted by Gasteiger charge is 2.14. The summed E-state index contributed by atoms with van der Waals surface area (Å²) in [5.74, 6) is -0.252. The highest BCUT2D eigenvalue weighted by Crippen LogP contribution is 2.22. The first-order valence-electron chi connectivity index (χ1n) is 4.52. The lowest BCUT2D eigenvalue weighted by atomic mass is 10.4. The van der Waals surface area contributed by atoms with Crippen molar-refractivity contribution in [3.05, 3.63) is 26.9 Å². The van der Waals surface area contributed by atoms with E-state index in [9.17, 15) is 4.79 Å². The summed E-state index contributed by atoms with van der Waals surface area (Å²) in [6.07, 6.45) is 1.53. The third-order valence-electron chi connectivity index (χ3n) is 2.07. The second-order valence-corrected chi connectivity index (χ2v) is 5.27. The minimum absolute atomic E-state index is 0.252. The van der Waals surface area contributed by atoms with Crippen LogP contribution in [0.3, 0.4) is 0 Å². The van der Waals surface area contributed by atoms with E-state index in [1.165, 1.54) is 17.5 Å². The van der Waals surface area contributed by atoms with Gasteiger partial charge in [-0.2, -0.15) is 5.10 Å². The normalized spacial score (nSPS) is 10.4. The Morgan fingerprint density at radius 2 is 2.31 bits per heavy atom. The van der Waals surface area contributed by atoms with Gasteiger partial charge in [0, 0.05) is 4.88 Å². The van der Waals surface area contributed by atoms with Crippen LogP contribution in [-0.2, 0) is 0 Å². The molecule has 2 aromatic heterocycles. The Morgan fingerprint density at radius 3 is 2.81 bits per heavy atom.